The fraction of sp³-hybridized carbons (Fsp3) is 0.333. The minimum atomic E-state index is -0.345. The summed E-state index contributed by atoms with van der Waals surface area (Å²) in [4.78, 5) is 0. The second-order valence-electron chi connectivity index (χ2n) is 2.38. The molecular formula is C9H11FNOV-. The van der Waals surface area contributed by atoms with Gasteiger partial charge in [-0.1, -0.05) is 12.1 Å². The fourth-order valence-electron chi connectivity index (χ4n) is 0.816. The van der Waals surface area contributed by atoms with Crippen molar-refractivity contribution in [3.63, 3.8) is 0 Å². The van der Waals surface area contributed by atoms with Crippen LogP contribution in [0.15, 0.2) is 24.3 Å². The monoisotopic (exact) mass is 219 g/mol. The second kappa shape index (κ2) is 6.95. The van der Waals surface area contributed by atoms with Crippen LogP contribution in [0.2, 0.25) is 0 Å². The van der Waals surface area contributed by atoms with Gasteiger partial charge in [0.15, 0.2) is 11.6 Å². The van der Waals surface area contributed by atoms with E-state index in [0.717, 1.165) is 0 Å². The van der Waals surface area contributed by atoms with Crippen LogP contribution in [0, 0.1) is 5.82 Å². The molecule has 1 aromatic rings. The Labute approximate surface area is 89.2 Å². The number of halogens is 1. The largest absolute Gasteiger partial charge is 0.677 e. The molecule has 71 valence electrons. The van der Waals surface area contributed by atoms with Crippen molar-refractivity contribution in [2.45, 2.75) is 6.42 Å². The van der Waals surface area contributed by atoms with Gasteiger partial charge in [-0.05, 0) is 18.6 Å². The van der Waals surface area contributed by atoms with Crippen LogP contribution in [0.25, 0.3) is 5.73 Å². The molecule has 0 aliphatic carbocycles. The summed E-state index contributed by atoms with van der Waals surface area (Å²) in [7, 11) is 0. The Morgan fingerprint density at radius 2 is 2.00 bits per heavy atom. The van der Waals surface area contributed by atoms with E-state index < -0.39 is 0 Å². The predicted molar refractivity (Wildman–Crippen MR) is 45.7 cm³/mol. The summed E-state index contributed by atoms with van der Waals surface area (Å²) in [5.41, 5.74) is 6.85. The molecule has 0 fully saturated rings. The zero-order chi connectivity index (χ0) is 8.81. The standard InChI is InChI=1S/C9H11FNO.V/c10-8-4-1-2-5-9(8)12-7-3-6-11;/h1-2,4-5,11H,3,6-7H2;/q-1;. The first kappa shape index (κ1) is 12.5. The average Bonchev–Trinajstić information content (AvgIpc) is 2.09. The molecule has 0 aliphatic rings. The molecular weight excluding hydrogens is 208 g/mol. The summed E-state index contributed by atoms with van der Waals surface area (Å²) >= 11 is 0. The molecule has 0 saturated carbocycles. The van der Waals surface area contributed by atoms with Gasteiger partial charge in [-0.3, -0.25) is 0 Å². The molecule has 0 amide bonds. The Kier molecular flexibility index (Phi) is 6.68. The number of ether oxygens (including phenoxy) is 1. The molecule has 0 aliphatic heterocycles. The normalized spacial score (nSPS) is 9.08. The van der Waals surface area contributed by atoms with E-state index in [1.807, 2.05) is 0 Å². The maximum atomic E-state index is 12.8. The van der Waals surface area contributed by atoms with Crippen molar-refractivity contribution >= 4 is 0 Å². The molecule has 0 saturated heterocycles. The number of hydrogen-bond acceptors (Lipinski definition) is 1. The van der Waals surface area contributed by atoms with E-state index in [0.29, 0.717) is 19.6 Å². The number of para-hydroxylation sites is 1. The summed E-state index contributed by atoms with van der Waals surface area (Å²) in [6, 6.07) is 6.28. The summed E-state index contributed by atoms with van der Waals surface area (Å²) in [6.45, 7) is 0.721. The van der Waals surface area contributed by atoms with Gasteiger partial charge in [0.25, 0.3) is 0 Å². The van der Waals surface area contributed by atoms with Crippen LogP contribution in [0.3, 0.4) is 0 Å². The number of rotatable bonds is 4. The Hall–Kier alpha value is -0.506. The predicted octanol–water partition coefficient (Wildman–Crippen LogP) is 2.64. The third kappa shape index (κ3) is 4.32. The molecule has 0 bridgehead atoms. The first-order valence-electron chi connectivity index (χ1n) is 3.86. The van der Waals surface area contributed by atoms with Crippen LogP contribution in [0.4, 0.5) is 4.39 Å². The smallest absolute Gasteiger partial charge is 0.165 e. The van der Waals surface area contributed by atoms with E-state index >= 15 is 0 Å². The van der Waals surface area contributed by atoms with Gasteiger partial charge in [-0.25, -0.2) is 4.39 Å². The van der Waals surface area contributed by atoms with Crippen LogP contribution in [0.1, 0.15) is 6.42 Å². The third-order valence-electron chi connectivity index (χ3n) is 1.42. The summed E-state index contributed by atoms with van der Waals surface area (Å²) in [6.07, 6.45) is 0.633. The maximum Gasteiger partial charge on any atom is 0.165 e. The summed E-state index contributed by atoms with van der Waals surface area (Å²) < 4.78 is 17.9. The number of benzene rings is 1. The minimum Gasteiger partial charge on any atom is -0.677 e. The molecule has 1 rings (SSSR count). The molecule has 4 heteroatoms. The molecule has 0 atom stereocenters. The molecule has 1 radical (unpaired) electrons. The molecule has 2 nitrogen and oxygen atoms in total. The van der Waals surface area contributed by atoms with Crippen molar-refractivity contribution in [3.05, 3.63) is 35.8 Å². The van der Waals surface area contributed by atoms with Gasteiger partial charge in [-0.15, -0.1) is 6.54 Å². The summed E-state index contributed by atoms with van der Waals surface area (Å²) in [5.74, 6) is -0.0755. The molecule has 0 heterocycles. The van der Waals surface area contributed by atoms with Gasteiger partial charge < -0.3 is 10.5 Å². The minimum absolute atomic E-state index is 0. The van der Waals surface area contributed by atoms with Crippen LogP contribution in [-0.2, 0) is 18.6 Å². The van der Waals surface area contributed by atoms with Crippen LogP contribution >= 0.6 is 0 Å². The van der Waals surface area contributed by atoms with Gasteiger partial charge in [0.2, 0.25) is 0 Å². The van der Waals surface area contributed by atoms with Crippen molar-refractivity contribution in [1.82, 2.24) is 0 Å². The van der Waals surface area contributed by atoms with Crippen molar-refractivity contribution in [2.24, 2.45) is 0 Å². The van der Waals surface area contributed by atoms with Crippen LogP contribution in [0.5, 0.6) is 5.75 Å². The van der Waals surface area contributed by atoms with Crippen molar-refractivity contribution < 1.29 is 27.7 Å². The zero-order valence-electron chi connectivity index (χ0n) is 7.16. The third-order valence-corrected chi connectivity index (χ3v) is 1.42. The average molecular weight is 219 g/mol. The van der Waals surface area contributed by atoms with Gasteiger partial charge in [0.1, 0.15) is 0 Å². The Morgan fingerprint density at radius 3 is 2.62 bits per heavy atom. The van der Waals surface area contributed by atoms with Crippen molar-refractivity contribution in [1.29, 1.82) is 0 Å². The quantitative estimate of drug-likeness (QED) is 0.716. The van der Waals surface area contributed by atoms with Crippen molar-refractivity contribution in [2.75, 3.05) is 13.2 Å². The Morgan fingerprint density at radius 1 is 1.31 bits per heavy atom. The summed E-state index contributed by atoms with van der Waals surface area (Å²) in [5, 5.41) is 0. The van der Waals surface area contributed by atoms with Gasteiger partial charge in [-0.2, -0.15) is 0 Å². The molecule has 1 N–H and O–H groups in total. The van der Waals surface area contributed by atoms with E-state index in [9.17, 15) is 4.39 Å². The molecule has 1 aromatic carbocycles. The number of nitrogens with one attached hydrogen (secondary N) is 1. The fourth-order valence-corrected chi connectivity index (χ4v) is 0.816. The van der Waals surface area contributed by atoms with Crippen LogP contribution in [-0.4, -0.2) is 13.2 Å². The van der Waals surface area contributed by atoms with Gasteiger partial charge >= 0.3 is 0 Å². The van der Waals surface area contributed by atoms with E-state index in [1.165, 1.54) is 6.07 Å². The second-order valence-corrected chi connectivity index (χ2v) is 2.38. The molecule has 13 heavy (non-hydrogen) atoms. The SMILES string of the molecule is [NH-]CCCOc1ccccc1F.[V]. The van der Waals surface area contributed by atoms with E-state index in [-0.39, 0.29) is 30.1 Å². The topological polar surface area (TPSA) is 33.0 Å². The van der Waals surface area contributed by atoms with Gasteiger partial charge in [0, 0.05) is 18.6 Å². The number of hydrogen-bond donors (Lipinski definition) is 0. The molecule has 0 aromatic heterocycles. The molecule has 0 unspecified atom stereocenters. The van der Waals surface area contributed by atoms with E-state index in [4.69, 9.17) is 10.5 Å². The van der Waals surface area contributed by atoms with Crippen LogP contribution < -0.4 is 4.74 Å². The van der Waals surface area contributed by atoms with Crippen molar-refractivity contribution in [3.8, 4) is 5.75 Å². The van der Waals surface area contributed by atoms with Gasteiger partial charge in [0.05, 0.1) is 6.61 Å². The Bertz CT molecular complexity index is 245. The van der Waals surface area contributed by atoms with E-state index in [2.05, 4.69) is 0 Å². The Balaban J connectivity index is 0.00000144. The first-order chi connectivity index (χ1) is 5.84. The maximum absolute atomic E-state index is 12.8. The van der Waals surface area contributed by atoms with E-state index in [1.54, 1.807) is 18.2 Å². The molecule has 0 spiro atoms. The zero-order valence-corrected chi connectivity index (χ0v) is 8.56. The first-order valence-corrected chi connectivity index (χ1v) is 3.86.